The quantitative estimate of drug-likeness (QED) is 0.759. The number of hydrogen-bond acceptors (Lipinski definition) is 3. The van der Waals surface area contributed by atoms with Crippen LogP contribution in [0.3, 0.4) is 0 Å². The van der Waals surface area contributed by atoms with Gasteiger partial charge in [0, 0.05) is 34.9 Å². The SMILES string of the molecule is CC1CN(c2ccc(NC(=O)C3CC3c3ccc(Br)cc3)cc2)CC(C)O1. The van der Waals surface area contributed by atoms with Gasteiger partial charge in [0.2, 0.25) is 5.91 Å². The fourth-order valence-corrected chi connectivity index (χ4v) is 4.21. The van der Waals surface area contributed by atoms with E-state index in [9.17, 15) is 4.79 Å². The lowest BCUT2D eigenvalue weighted by molar-refractivity contribution is -0.117. The maximum atomic E-state index is 12.6. The standard InChI is InChI=1S/C22H25BrN2O2/c1-14-12-25(13-15(2)27-14)19-9-7-18(8-10-19)24-22(26)21-11-20(21)16-3-5-17(23)6-4-16/h3-10,14-15,20-21H,11-13H2,1-2H3,(H,24,26). The molecule has 0 radical (unpaired) electrons. The van der Waals surface area contributed by atoms with E-state index in [0.717, 1.165) is 29.7 Å². The third-order valence-electron chi connectivity index (χ3n) is 5.34. The topological polar surface area (TPSA) is 41.6 Å². The van der Waals surface area contributed by atoms with Gasteiger partial charge in [-0.3, -0.25) is 4.79 Å². The second kappa shape index (κ2) is 7.64. The highest BCUT2D eigenvalue weighted by Crippen LogP contribution is 2.48. The number of carbonyl (C=O) groups excluding carboxylic acids is 1. The molecule has 1 aliphatic heterocycles. The smallest absolute Gasteiger partial charge is 0.228 e. The van der Waals surface area contributed by atoms with E-state index in [4.69, 9.17) is 4.74 Å². The fourth-order valence-electron chi connectivity index (χ4n) is 3.94. The van der Waals surface area contributed by atoms with Crippen molar-refractivity contribution in [1.29, 1.82) is 0 Å². The number of ether oxygens (including phenoxy) is 1. The summed E-state index contributed by atoms with van der Waals surface area (Å²) in [5.74, 6) is 0.532. The van der Waals surface area contributed by atoms with Crippen LogP contribution < -0.4 is 10.2 Å². The Morgan fingerprint density at radius 2 is 1.67 bits per heavy atom. The van der Waals surface area contributed by atoms with Crippen molar-refractivity contribution in [2.45, 2.75) is 38.4 Å². The Balaban J connectivity index is 1.35. The number of halogens is 1. The molecule has 0 spiro atoms. The molecule has 2 aromatic rings. The third kappa shape index (κ3) is 4.36. The summed E-state index contributed by atoms with van der Waals surface area (Å²) < 4.78 is 6.87. The van der Waals surface area contributed by atoms with Gasteiger partial charge in [-0.05, 0) is 68.1 Å². The molecular formula is C22H25BrN2O2. The molecule has 4 rings (SSSR count). The van der Waals surface area contributed by atoms with Crippen LogP contribution in [-0.4, -0.2) is 31.2 Å². The molecule has 0 aromatic heterocycles. The van der Waals surface area contributed by atoms with Crippen LogP contribution in [0.2, 0.25) is 0 Å². The van der Waals surface area contributed by atoms with Crippen molar-refractivity contribution >= 4 is 33.2 Å². The number of rotatable bonds is 4. The molecule has 4 nitrogen and oxygen atoms in total. The molecular weight excluding hydrogens is 404 g/mol. The van der Waals surface area contributed by atoms with Gasteiger partial charge in [-0.25, -0.2) is 0 Å². The minimum absolute atomic E-state index is 0.0757. The molecule has 4 unspecified atom stereocenters. The third-order valence-corrected chi connectivity index (χ3v) is 5.87. The Labute approximate surface area is 169 Å². The zero-order chi connectivity index (χ0) is 19.0. The summed E-state index contributed by atoms with van der Waals surface area (Å²) in [5.41, 5.74) is 3.28. The van der Waals surface area contributed by atoms with Crippen LogP contribution in [0.4, 0.5) is 11.4 Å². The van der Waals surface area contributed by atoms with Gasteiger partial charge in [-0.1, -0.05) is 28.1 Å². The average Bonchev–Trinajstić information content (AvgIpc) is 3.43. The normalized spacial score (nSPS) is 27.3. The van der Waals surface area contributed by atoms with Gasteiger partial charge in [0.15, 0.2) is 0 Å². The predicted octanol–water partition coefficient (Wildman–Crippen LogP) is 4.80. The minimum atomic E-state index is 0.0757. The summed E-state index contributed by atoms with van der Waals surface area (Å²) in [6, 6.07) is 16.4. The van der Waals surface area contributed by atoms with Crippen LogP contribution in [0.1, 0.15) is 31.7 Å². The number of benzene rings is 2. The monoisotopic (exact) mass is 428 g/mol. The number of nitrogens with one attached hydrogen (secondary N) is 1. The molecule has 1 N–H and O–H groups in total. The van der Waals surface area contributed by atoms with Gasteiger partial charge in [-0.2, -0.15) is 0 Å². The molecule has 2 aliphatic rings. The van der Waals surface area contributed by atoms with E-state index in [2.05, 4.69) is 64.3 Å². The first-order valence-electron chi connectivity index (χ1n) is 9.56. The van der Waals surface area contributed by atoms with Crippen LogP contribution in [0.5, 0.6) is 0 Å². The van der Waals surface area contributed by atoms with Gasteiger partial charge in [-0.15, -0.1) is 0 Å². The minimum Gasteiger partial charge on any atom is -0.372 e. The number of anilines is 2. The highest BCUT2D eigenvalue weighted by atomic mass is 79.9. The molecule has 1 saturated carbocycles. The molecule has 2 fully saturated rings. The van der Waals surface area contributed by atoms with E-state index >= 15 is 0 Å². The number of hydrogen-bond donors (Lipinski definition) is 1. The fraction of sp³-hybridized carbons (Fsp3) is 0.409. The average molecular weight is 429 g/mol. The molecule has 1 heterocycles. The van der Waals surface area contributed by atoms with Gasteiger partial charge in [0.1, 0.15) is 0 Å². The van der Waals surface area contributed by atoms with E-state index in [1.165, 1.54) is 11.3 Å². The maximum Gasteiger partial charge on any atom is 0.228 e. The largest absolute Gasteiger partial charge is 0.372 e. The van der Waals surface area contributed by atoms with E-state index in [1.54, 1.807) is 0 Å². The highest BCUT2D eigenvalue weighted by Gasteiger charge is 2.43. The van der Waals surface area contributed by atoms with E-state index < -0.39 is 0 Å². The second-order valence-electron chi connectivity index (χ2n) is 7.70. The van der Waals surface area contributed by atoms with E-state index in [0.29, 0.717) is 5.92 Å². The molecule has 27 heavy (non-hydrogen) atoms. The van der Waals surface area contributed by atoms with Crippen molar-refractivity contribution in [3.8, 4) is 0 Å². The van der Waals surface area contributed by atoms with Crippen molar-refractivity contribution < 1.29 is 9.53 Å². The van der Waals surface area contributed by atoms with Gasteiger partial charge in [0.25, 0.3) is 0 Å². The zero-order valence-corrected chi connectivity index (χ0v) is 17.3. The molecule has 5 heteroatoms. The second-order valence-corrected chi connectivity index (χ2v) is 8.61. The summed E-state index contributed by atoms with van der Waals surface area (Å²) in [6.07, 6.45) is 1.40. The lowest BCUT2D eigenvalue weighted by atomic mass is 10.1. The zero-order valence-electron chi connectivity index (χ0n) is 15.7. The molecule has 1 saturated heterocycles. The van der Waals surface area contributed by atoms with Crippen LogP contribution in [0, 0.1) is 5.92 Å². The summed E-state index contributed by atoms with van der Waals surface area (Å²) in [7, 11) is 0. The van der Waals surface area contributed by atoms with Crippen molar-refractivity contribution in [3.05, 3.63) is 58.6 Å². The van der Waals surface area contributed by atoms with Crippen molar-refractivity contribution in [1.82, 2.24) is 0 Å². The predicted molar refractivity (Wildman–Crippen MR) is 112 cm³/mol. The first-order valence-corrected chi connectivity index (χ1v) is 10.4. The number of amides is 1. The Bertz CT molecular complexity index is 796. The van der Waals surface area contributed by atoms with Crippen molar-refractivity contribution in [3.63, 3.8) is 0 Å². The Morgan fingerprint density at radius 3 is 2.30 bits per heavy atom. The Hall–Kier alpha value is -1.85. The molecule has 4 atom stereocenters. The summed E-state index contributed by atoms with van der Waals surface area (Å²) in [4.78, 5) is 14.9. The Morgan fingerprint density at radius 1 is 1.04 bits per heavy atom. The maximum absolute atomic E-state index is 12.6. The molecule has 0 bridgehead atoms. The number of nitrogens with zero attached hydrogens (tertiary/aromatic N) is 1. The first-order chi connectivity index (χ1) is 13.0. The van der Waals surface area contributed by atoms with E-state index in [-0.39, 0.29) is 24.0 Å². The van der Waals surface area contributed by atoms with Gasteiger partial charge in [0.05, 0.1) is 12.2 Å². The Kier molecular flexibility index (Phi) is 5.24. The highest BCUT2D eigenvalue weighted by molar-refractivity contribution is 9.10. The van der Waals surface area contributed by atoms with Gasteiger partial charge >= 0.3 is 0 Å². The molecule has 142 valence electrons. The van der Waals surface area contributed by atoms with Crippen LogP contribution in [0.15, 0.2) is 53.0 Å². The summed E-state index contributed by atoms with van der Waals surface area (Å²) in [6.45, 7) is 6.00. The lowest BCUT2D eigenvalue weighted by Gasteiger charge is -2.36. The number of morpholine rings is 1. The summed E-state index contributed by atoms with van der Waals surface area (Å²) >= 11 is 3.45. The van der Waals surface area contributed by atoms with Gasteiger partial charge < -0.3 is 15.0 Å². The van der Waals surface area contributed by atoms with Crippen LogP contribution in [0.25, 0.3) is 0 Å². The molecule has 1 aliphatic carbocycles. The molecule has 2 aromatic carbocycles. The number of carbonyl (C=O) groups is 1. The van der Waals surface area contributed by atoms with E-state index in [1.807, 2.05) is 24.3 Å². The first kappa shape index (κ1) is 18.5. The molecule has 1 amide bonds. The lowest BCUT2D eigenvalue weighted by Crippen LogP contribution is -2.45. The summed E-state index contributed by atoms with van der Waals surface area (Å²) in [5, 5.41) is 3.07. The van der Waals surface area contributed by atoms with Crippen LogP contribution in [-0.2, 0) is 9.53 Å². The van der Waals surface area contributed by atoms with Crippen LogP contribution >= 0.6 is 15.9 Å². The van der Waals surface area contributed by atoms with Crippen molar-refractivity contribution in [2.24, 2.45) is 5.92 Å². The van der Waals surface area contributed by atoms with Crippen molar-refractivity contribution in [2.75, 3.05) is 23.3 Å².